The van der Waals surface area contributed by atoms with Gasteiger partial charge in [0, 0.05) is 18.8 Å². The van der Waals surface area contributed by atoms with E-state index in [9.17, 15) is 4.79 Å². The molecule has 0 saturated heterocycles. The van der Waals surface area contributed by atoms with Crippen molar-refractivity contribution in [3.8, 4) is 0 Å². The highest BCUT2D eigenvalue weighted by molar-refractivity contribution is 5.89. The van der Waals surface area contributed by atoms with Crippen LogP contribution in [-0.2, 0) is 14.2 Å². The van der Waals surface area contributed by atoms with E-state index in [2.05, 4.69) is 19.2 Å². The van der Waals surface area contributed by atoms with Crippen molar-refractivity contribution < 1.29 is 19.0 Å². The molecule has 1 aromatic rings. The summed E-state index contributed by atoms with van der Waals surface area (Å²) in [4.78, 5) is 12.1. The van der Waals surface area contributed by atoms with Crippen LogP contribution in [0.3, 0.4) is 0 Å². The molecular formula is C31H55NO4. The van der Waals surface area contributed by atoms with Crippen LogP contribution in [0.4, 0.5) is 5.69 Å². The molecule has 0 atom stereocenters. The topological polar surface area (TPSA) is 56.8 Å². The Morgan fingerprint density at radius 1 is 0.583 bits per heavy atom. The smallest absolute Gasteiger partial charge is 0.338 e. The third-order valence-electron chi connectivity index (χ3n) is 6.46. The average molecular weight is 506 g/mol. The first-order chi connectivity index (χ1) is 17.8. The van der Waals surface area contributed by atoms with Crippen LogP contribution in [0.15, 0.2) is 24.3 Å². The van der Waals surface area contributed by atoms with Crippen molar-refractivity contribution in [2.24, 2.45) is 0 Å². The number of hydrogen-bond donors (Lipinski definition) is 1. The summed E-state index contributed by atoms with van der Waals surface area (Å²) in [6, 6.07) is 7.42. The minimum atomic E-state index is -0.312. The Hall–Kier alpha value is -1.59. The average Bonchev–Trinajstić information content (AvgIpc) is 2.90. The van der Waals surface area contributed by atoms with E-state index >= 15 is 0 Å². The molecule has 0 spiro atoms. The first kappa shape index (κ1) is 32.4. The molecule has 0 radical (unpaired) electrons. The van der Waals surface area contributed by atoms with Gasteiger partial charge in [-0.25, -0.2) is 4.79 Å². The third-order valence-corrected chi connectivity index (χ3v) is 6.46. The Morgan fingerprint density at radius 3 is 1.61 bits per heavy atom. The fourth-order valence-electron chi connectivity index (χ4n) is 4.13. The molecule has 0 fully saturated rings. The van der Waals surface area contributed by atoms with Crippen molar-refractivity contribution in [1.29, 1.82) is 0 Å². The summed E-state index contributed by atoms with van der Waals surface area (Å²) >= 11 is 0. The van der Waals surface area contributed by atoms with Gasteiger partial charge in [0.2, 0.25) is 0 Å². The van der Waals surface area contributed by atoms with E-state index in [0.29, 0.717) is 25.4 Å². The summed E-state index contributed by atoms with van der Waals surface area (Å²) in [5.74, 6) is -0.312. The minimum absolute atomic E-state index is 0.258. The molecule has 0 aliphatic heterocycles. The van der Waals surface area contributed by atoms with E-state index < -0.39 is 0 Å². The molecule has 0 bridgehead atoms. The van der Waals surface area contributed by atoms with Crippen molar-refractivity contribution >= 4 is 11.7 Å². The minimum Gasteiger partial charge on any atom is -0.460 e. The lowest BCUT2D eigenvalue weighted by Crippen LogP contribution is -2.13. The third kappa shape index (κ3) is 19.6. The Bertz CT molecular complexity index is 605. The van der Waals surface area contributed by atoms with Crippen LogP contribution in [0, 0.1) is 0 Å². The second-order valence-electron chi connectivity index (χ2n) is 9.81. The maximum Gasteiger partial charge on any atom is 0.338 e. The molecule has 0 aliphatic carbocycles. The molecule has 5 nitrogen and oxygen atoms in total. The van der Waals surface area contributed by atoms with Gasteiger partial charge in [0.25, 0.3) is 0 Å². The molecule has 1 rings (SSSR count). The highest BCUT2D eigenvalue weighted by Gasteiger charge is 2.06. The highest BCUT2D eigenvalue weighted by Crippen LogP contribution is 2.13. The van der Waals surface area contributed by atoms with Crippen LogP contribution in [-0.4, -0.2) is 45.5 Å². The van der Waals surface area contributed by atoms with E-state index in [-0.39, 0.29) is 12.6 Å². The standard InChI is InChI=1S/C31H55NO4/c1-3-5-7-8-9-10-11-12-13-14-15-16-17-18-24-34-25-26-35-27-28-36-31(33)29-19-21-30(22-20-29)32-23-6-4-2/h19-22,32H,3-18,23-28H2,1-2H3. The first-order valence-electron chi connectivity index (χ1n) is 14.9. The molecule has 208 valence electrons. The maximum atomic E-state index is 12.1. The number of esters is 1. The van der Waals surface area contributed by atoms with Crippen molar-refractivity contribution in [1.82, 2.24) is 0 Å². The molecule has 1 N–H and O–H groups in total. The van der Waals surface area contributed by atoms with E-state index in [1.165, 1.54) is 83.5 Å². The number of hydrogen-bond acceptors (Lipinski definition) is 5. The number of rotatable bonds is 26. The van der Waals surface area contributed by atoms with Gasteiger partial charge in [0.1, 0.15) is 6.61 Å². The van der Waals surface area contributed by atoms with Crippen LogP contribution in [0.25, 0.3) is 0 Å². The molecule has 5 heteroatoms. The van der Waals surface area contributed by atoms with E-state index in [1.807, 2.05) is 12.1 Å². The van der Waals surface area contributed by atoms with Crippen LogP contribution in [0.1, 0.15) is 127 Å². The number of carbonyl (C=O) groups excluding carboxylic acids is 1. The zero-order valence-electron chi connectivity index (χ0n) is 23.5. The van der Waals surface area contributed by atoms with E-state index in [0.717, 1.165) is 38.1 Å². The Labute approximate surface area is 222 Å². The number of carbonyl (C=O) groups is 1. The monoisotopic (exact) mass is 505 g/mol. The van der Waals surface area contributed by atoms with E-state index in [1.54, 1.807) is 12.1 Å². The molecule has 1 aromatic carbocycles. The highest BCUT2D eigenvalue weighted by atomic mass is 16.6. The molecule has 0 saturated carbocycles. The van der Waals surface area contributed by atoms with Crippen LogP contribution in [0.2, 0.25) is 0 Å². The Balaban J connectivity index is 1.80. The van der Waals surface area contributed by atoms with Crippen molar-refractivity contribution in [3.05, 3.63) is 29.8 Å². The summed E-state index contributed by atoms with van der Waals surface area (Å²) in [7, 11) is 0. The van der Waals surface area contributed by atoms with Crippen LogP contribution in [0.5, 0.6) is 0 Å². The fourth-order valence-corrected chi connectivity index (χ4v) is 4.13. The fraction of sp³-hybridized carbons (Fsp3) is 0.774. The number of unbranched alkanes of at least 4 members (excludes halogenated alkanes) is 14. The van der Waals surface area contributed by atoms with Gasteiger partial charge in [-0.1, -0.05) is 104 Å². The number of ether oxygens (including phenoxy) is 3. The lowest BCUT2D eigenvalue weighted by atomic mass is 10.0. The van der Waals surface area contributed by atoms with Crippen LogP contribution >= 0.6 is 0 Å². The summed E-state index contributed by atoms with van der Waals surface area (Å²) in [6.07, 6.45) is 21.5. The van der Waals surface area contributed by atoms with Gasteiger partial charge in [-0.05, 0) is 37.1 Å². The predicted octanol–water partition coefficient (Wildman–Crippen LogP) is 8.57. The zero-order valence-corrected chi connectivity index (χ0v) is 23.5. The SMILES string of the molecule is CCCCCCCCCCCCCCCCOCCOCCOC(=O)c1ccc(NCCCC)cc1. The molecule has 0 heterocycles. The summed E-state index contributed by atoms with van der Waals surface area (Å²) in [6.45, 7) is 7.98. The molecule has 0 unspecified atom stereocenters. The first-order valence-corrected chi connectivity index (χ1v) is 14.9. The van der Waals surface area contributed by atoms with Crippen LogP contribution < -0.4 is 5.32 Å². The quantitative estimate of drug-likeness (QED) is 0.101. The zero-order chi connectivity index (χ0) is 25.9. The van der Waals surface area contributed by atoms with Gasteiger partial charge in [0.05, 0.1) is 25.4 Å². The second kappa shape index (κ2) is 25.1. The van der Waals surface area contributed by atoms with Crippen molar-refractivity contribution in [2.75, 3.05) is 44.9 Å². The lowest BCUT2D eigenvalue weighted by molar-refractivity contribution is 0.0141. The van der Waals surface area contributed by atoms with Gasteiger partial charge in [0.15, 0.2) is 0 Å². The number of benzene rings is 1. The molecule has 0 amide bonds. The predicted molar refractivity (Wildman–Crippen MR) is 152 cm³/mol. The second-order valence-corrected chi connectivity index (χ2v) is 9.81. The lowest BCUT2D eigenvalue weighted by Gasteiger charge is -2.08. The van der Waals surface area contributed by atoms with Gasteiger partial charge >= 0.3 is 5.97 Å². The largest absolute Gasteiger partial charge is 0.460 e. The normalized spacial score (nSPS) is 11.1. The Morgan fingerprint density at radius 2 is 1.06 bits per heavy atom. The molecule has 36 heavy (non-hydrogen) atoms. The number of anilines is 1. The summed E-state index contributed by atoms with van der Waals surface area (Å²) in [5, 5.41) is 3.34. The Kier molecular flexibility index (Phi) is 22.6. The number of nitrogens with one attached hydrogen (secondary N) is 1. The summed E-state index contributed by atoms with van der Waals surface area (Å²) in [5.41, 5.74) is 1.59. The molecular weight excluding hydrogens is 450 g/mol. The van der Waals surface area contributed by atoms with Gasteiger partial charge in [-0.2, -0.15) is 0 Å². The van der Waals surface area contributed by atoms with Gasteiger partial charge in [-0.3, -0.25) is 0 Å². The van der Waals surface area contributed by atoms with Gasteiger partial charge < -0.3 is 19.5 Å². The van der Waals surface area contributed by atoms with Crippen molar-refractivity contribution in [3.63, 3.8) is 0 Å². The molecule has 0 aromatic heterocycles. The van der Waals surface area contributed by atoms with Gasteiger partial charge in [-0.15, -0.1) is 0 Å². The van der Waals surface area contributed by atoms with Crippen molar-refractivity contribution in [2.45, 2.75) is 117 Å². The summed E-state index contributed by atoms with van der Waals surface area (Å²) < 4.78 is 16.4. The van der Waals surface area contributed by atoms with E-state index in [4.69, 9.17) is 14.2 Å². The maximum absolute atomic E-state index is 12.1. The molecule has 0 aliphatic rings.